The van der Waals surface area contributed by atoms with Crippen LogP contribution in [0.1, 0.15) is 29.2 Å². The van der Waals surface area contributed by atoms with E-state index in [1.807, 2.05) is 57.2 Å². The van der Waals surface area contributed by atoms with Crippen LogP contribution in [0, 0.1) is 32.6 Å². The first-order chi connectivity index (χ1) is 12.2. The lowest BCUT2D eigenvalue weighted by molar-refractivity contribution is -0.145. The molecule has 2 aromatic rings. The Kier molecular flexibility index (Phi) is 6.59. The summed E-state index contributed by atoms with van der Waals surface area (Å²) in [6.45, 7) is 7.60. The number of carbonyl (C=O) groups excluding carboxylic acids is 1. The molecule has 0 fully saturated rings. The van der Waals surface area contributed by atoms with E-state index < -0.39 is 17.8 Å². The second-order valence-corrected chi connectivity index (χ2v) is 7.74. The number of carboxylic acid groups (broad SMARTS) is 1. The zero-order valence-electron chi connectivity index (χ0n) is 15.5. The monoisotopic (exact) mass is 417 g/mol. The molecule has 0 aliphatic carbocycles. The summed E-state index contributed by atoms with van der Waals surface area (Å²) < 4.78 is 0.896. The van der Waals surface area contributed by atoms with E-state index in [4.69, 9.17) is 0 Å². The minimum Gasteiger partial charge on any atom is -0.481 e. The number of aliphatic carboxylic acids is 1. The van der Waals surface area contributed by atoms with Gasteiger partial charge in [0, 0.05) is 16.1 Å². The average Bonchev–Trinajstić information content (AvgIpc) is 2.54. The molecule has 0 bridgehead atoms. The van der Waals surface area contributed by atoms with Crippen LogP contribution < -0.4 is 5.32 Å². The molecule has 138 valence electrons. The van der Waals surface area contributed by atoms with Crippen LogP contribution >= 0.6 is 15.9 Å². The van der Waals surface area contributed by atoms with Crippen molar-refractivity contribution in [3.05, 3.63) is 63.1 Å². The van der Waals surface area contributed by atoms with Crippen LogP contribution in [-0.4, -0.2) is 17.0 Å². The Bertz CT molecular complexity index is 812. The third kappa shape index (κ3) is 5.18. The van der Waals surface area contributed by atoms with Gasteiger partial charge >= 0.3 is 5.97 Å². The summed E-state index contributed by atoms with van der Waals surface area (Å²) in [5.74, 6) is -2.70. The maximum Gasteiger partial charge on any atom is 0.307 e. The van der Waals surface area contributed by atoms with Gasteiger partial charge in [-0.25, -0.2) is 0 Å². The van der Waals surface area contributed by atoms with Crippen LogP contribution in [0.5, 0.6) is 0 Å². The molecule has 0 heterocycles. The predicted molar refractivity (Wildman–Crippen MR) is 107 cm³/mol. The fraction of sp³-hybridized carbons (Fsp3) is 0.333. The maximum absolute atomic E-state index is 12.6. The maximum atomic E-state index is 12.6. The van der Waals surface area contributed by atoms with Crippen LogP contribution in [0.4, 0.5) is 5.69 Å². The highest BCUT2D eigenvalue weighted by molar-refractivity contribution is 9.10. The molecule has 0 aliphatic heterocycles. The highest BCUT2D eigenvalue weighted by Crippen LogP contribution is 2.24. The Morgan fingerprint density at radius 3 is 2.23 bits per heavy atom. The smallest absolute Gasteiger partial charge is 0.307 e. The van der Waals surface area contributed by atoms with Gasteiger partial charge in [-0.05, 0) is 50.5 Å². The van der Waals surface area contributed by atoms with Crippen molar-refractivity contribution in [2.75, 3.05) is 5.32 Å². The molecular weight excluding hydrogens is 394 g/mol. The second kappa shape index (κ2) is 8.49. The molecule has 5 heteroatoms. The van der Waals surface area contributed by atoms with E-state index in [2.05, 4.69) is 21.2 Å². The van der Waals surface area contributed by atoms with Gasteiger partial charge in [-0.3, -0.25) is 9.59 Å². The van der Waals surface area contributed by atoms with Crippen LogP contribution in [-0.2, 0) is 16.0 Å². The first kappa shape index (κ1) is 20.2. The second-order valence-electron chi connectivity index (χ2n) is 6.89. The third-order valence-corrected chi connectivity index (χ3v) is 5.37. The van der Waals surface area contributed by atoms with Crippen molar-refractivity contribution < 1.29 is 14.7 Å². The van der Waals surface area contributed by atoms with Gasteiger partial charge in [-0.1, -0.05) is 58.2 Å². The van der Waals surface area contributed by atoms with Gasteiger partial charge in [0.05, 0.1) is 5.92 Å². The Labute approximate surface area is 162 Å². The zero-order valence-corrected chi connectivity index (χ0v) is 17.1. The molecule has 4 nitrogen and oxygen atoms in total. The normalized spacial score (nSPS) is 13.1. The van der Waals surface area contributed by atoms with E-state index in [1.165, 1.54) is 0 Å². The lowest BCUT2D eigenvalue weighted by Crippen LogP contribution is -2.33. The molecule has 2 atom stereocenters. The molecule has 0 saturated heterocycles. The lowest BCUT2D eigenvalue weighted by atomic mass is 9.86. The van der Waals surface area contributed by atoms with Gasteiger partial charge in [0.1, 0.15) is 0 Å². The first-order valence-corrected chi connectivity index (χ1v) is 9.33. The summed E-state index contributed by atoms with van der Waals surface area (Å²) in [5.41, 5.74) is 4.83. The van der Waals surface area contributed by atoms with E-state index in [0.717, 1.165) is 26.7 Å². The van der Waals surface area contributed by atoms with Gasteiger partial charge in [-0.15, -0.1) is 0 Å². The van der Waals surface area contributed by atoms with Crippen LogP contribution in [0.3, 0.4) is 0 Å². The number of amides is 1. The van der Waals surface area contributed by atoms with Crippen molar-refractivity contribution >= 4 is 33.5 Å². The molecule has 26 heavy (non-hydrogen) atoms. The number of carboxylic acids is 1. The summed E-state index contributed by atoms with van der Waals surface area (Å²) in [7, 11) is 0. The van der Waals surface area contributed by atoms with Crippen molar-refractivity contribution in [3.63, 3.8) is 0 Å². The fourth-order valence-electron chi connectivity index (χ4n) is 3.03. The van der Waals surface area contributed by atoms with E-state index in [9.17, 15) is 14.7 Å². The molecule has 2 rings (SSSR count). The number of hydrogen-bond acceptors (Lipinski definition) is 2. The molecule has 0 unspecified atom stereocenters. The van der Waals surface area contributed by atoms with Crippen molar-refractivity contribution in [2.45, 2.75) is 34.1 Å². The molecule has 0 aromatic heterocycles. The van der Waals surface area contributed by atoms with Gasteiger partial charge in [0.15, 0.2) is 0 Å². The zero-order chi connectivity index (χ0) is 19.4. The van der Waals surface area contributed by atoms with Crippen molar-refractivity contribution in [1.82, 2.24) is 0 Å². The summed E-state index contributed by atoms with van der Waals surface area (Å²) in [5, 5.41) is 12.5. The number of aryl methyl sites for hydroxylation is 3. The van der Waals surface area contributed by atoms with Crippen LogP contribution in [0.25, 0.3) is 0 Å². The molecule has 2 N–H and O–H groups in total. The quantitative estimate of drug-likeness (QED) is 0.702. The number of carbonyl (C=O) groups is 2. The molecule has 0 spiro atoms. The summed E-state index contributed by atoms with van der Waals surface area (Å²) in [6.07, 6.45) is 0.323. The molecule has 0 aliphatic rings. The molecule has 0 radical (unpaired) electrons. The predicted octanol–water partition coefficient (Wildman–Crippen LogP) is 4.89. The summed E-state index contributed by atoms with van der Waals surface area (Å²) >= 11 is 3.44. The lowest BCUT2D eigenvalue weighted by Gasteiger charge is -2.20. The molecule has 2 aromatic carbocycles. The molecular formula is C21H24BrNO3. The largest absolute Gasteiger partial charge is 0.481 e. The van der Waals surface area contributed by atoms with Crippen LogP contribution in [0.2, 0.25) is 0 Å². The molecule has 1 amide bonds. The number of benzene rings is 2. The van der Waals surface area contributed by atoms with Gasteiger partial charge < -0.3 is 10.4 Å². The van der Waals surface area contributed by atoms with Crippen LogP contribution in [0.15, 0.2) is 40.9 Å². The number of rotatable bonds is 6. The van der Waals surface area contributed by atoms with Crippen molar-refractivity contribution in [1.29, 1.82) is 0 Å². The average molecular weight is 418 g/mol. The van der Waals surface area contributed by atoms with Crippen molar-refractivity contribution in [2.24, 2.45) is 11.8 Å². The highest BCUT2D eigenvalue weighted by Gasteiger charge is 2.30. The Morgan fingerprint density at radius 2 is 1.69 bits per heavy atom. The van der Waals surface area contributed by atoms with Crippen molar-refractivity contribution in [3.8, 4) is 0 Å². The fourth-order valence-corrected chi connectivity index (χ4v) is 3.41. The minimum absolute atomic E-state index is 0.294. The van der Waals surface area contributed by atoms with Gasteiger partial charge in [0.2, 0.25) is 5.91 Å². The topological polar surface area (TPSA) is 66.4 Å². The molecule has 0 saturated carbocycles. The SMILES string of the molecule is Cc1cc(C)cc(C[C@H](C(=O)O)[C@@H](C)C(=O)Nc2ccc(C)c(Br)c2)c1. The number of nitrogens with one attached hydrogen (secondary N) is 1. The number of anilines is 1. The Morgan fingerprint density at radius 1 is 1.08 bits per heavy atom. The Hall–Kier alpha value is -2.14. The van der Waals surface area contributed by atoms with Gasteiger partial charge in [0.25, 0.3) is 0 Å². The highest BCUT2D eigenvalue weighted by atomic mass is 79.9. The van der Waals surface area contributed by atoms with Gasteiger partial charge in [-0.2, -0.15) is 0 Å². The summed E-state index contributed by atoms with van der Waals surface area (Å²) in [6, 6.07) is 11.5. The number of hydrogen-bond donors (Lipinski definition) is 2. The van der Waals surface area contributed by atoms with E-state index >= 15 is 0 Å². The van der Waals surface area contributed by atoms with E-state index in [0.29, 0.717) is 12.1 Å². The summed E-state index contributed by atoms with van der Waals surface area (Å²) in [4.78, 5) is 24.4. The van der Waals surface area contributed by atoms with E-state index in [-0.39, 0.29) is 5.91 Å². The van der Waals surface area contributed by atoms with E-state index in [1.54, 1.807) is 6.92 Å². The first-order valence-electron chi connectivity index (χ1n) is 8.54. The third-order valence-electron chi connectivity index (χ3n) is 4.51. The number of halogens is 1. The standard InChI is InChI=1S/C21H24BrNO3/c1-12-7-13(2)9-16(8-12)10-18(21(25)26)15(4)20(24)23-17-6-5-14(3)19(22)11-17/h5-9,11,15,18H,10H2,1-4H3,(H,23,24)(H,25,26)/t15-,18+/m1/s1. The Balaban J connectivity index is 2.16. The minimum atomic E-state index is -0.961.